The van der Waals surface area contributed by atoms with Crippen LogP contribution in [0, 0.1) is 0 Å². The van der Waals surface area contributed by atoms with E-state index < -0.39 is 0 Å². The lowest BCUT2D eigenvalue weighted by atomic mass is 10.1. The van der Waals surface area contributed by atoms with E-state index in [0.717, 1.165) is 17.7 Å². The molecule has 1 rings (SSSR count). The standard InChI is InChI=1S/C18H23NO3.C2H8N2.C2H6/c1-4-7-15-8-5-10-17(14-15)19-18(20)16(11-13-22-3)9-6-12-21-2;1-3-4-2;1-2/h4-6,8-11,14H,1,7,12-13H2,2-3H3,(H,19,20);3-4H,1-2H3;1-2H3/b9-6-,16-11+;;. The number of allylic oxidation sites excluding steroid dienone is 1. The molecule has 6 heteroatoms. The van der Waals surface area contributed by atoms with Crippen LogP contribution in [0.4, 0.5) is 5.69 Å². The number of hydrogen-bond donors (Lipinski definition) is 3. The molecule has 1 aromatic rings. The highest BCUT2D eigenvalue weighted by atomic mass is 16.5. The normalized spacial score (nSPS) is 10.4. The maximum atomic E-state index is 12.3. The van der Waals surface area contributed by atoms with Crippen LogP contribution in [-0.2, 0) is 20.7 Å². The van der Waals surface area contributed by atoms with E-state index in [1.807, 2.05) is 58.3 Å². The topological polar surface area (TPSA) is 71.6 Å². The Morgan fingerprint density at radius 1 is 1.11 bits per heavy atom. The maximum Gasteiger partial charge on any atom is 0.255 e. The summed E-state index contributed by atoms with van der Waals surface area (Å²) in [6.45, 7) is 8.54. The van der Waals surface area contributed by atoms with E-state index in [0.29, 0.717) is 18.8 Å². The molecule has 158 valence electrons. The van der Waals surface area contributed by atoms with Crippen molar-refractivity contribution in [1.82, 2.24) is 10.9 Å². The van der Waals surface area contributed by atoms with E-state index in [-0.39, 0.29) is 5.91 Å². The van der Waals surface area contributed by atoms with Gasteiger partial charge in [0, 0.05) is 25.5 Å². The summed E-state index contributed by atoms with van der Waals surface area (Å²) >= 11 is 0. The SMILES string of the molecule is C=CCc1cccc(NC(=O)C(/C=C\COC)=C/COC)c1.CC.CNNC. The highest BCUT2D eigenvalue weighted by molar-refractivity contribution is 6.05. The summed E-state index contributed by atoms with van der Waals surface area (Å²) in [7, 11) is 6.83. The van der Waals surface area contributed by atoms with E-state index in [9.17, 15) is 4.79 Å². The fourth-order valence-corrected chi connectivity index (χ4v) is 1.83. The average Bonchev–Trinajstić information content (AvgIpc) is 2.72. The molecule has 1 amide bonds. The molecule has 6 nitrogen and oxygen atoms in total. The maximum absolute atomic E-state index is 12.3. The van der Waals surface area contributed by atoms with Crippen LogP contribution in [-0.4, -0.2) is 47.4 Å². The third kappa shape index (κ3) is 14.9. The minimum Gasteiger partial charge on any atom is -0.381 e. The van der Waals surface area contributed by atoms with Gasteiger partial charge in [-0.2, -0.15) is 0 Å². The second-order valence-corrected chi connectivity index (χ2v) is 5.12. The van der Waals surface area contributed by atoms with E-state index in [1.165, 1.54) is 0 Å². The van der Waals surface area contributed by atoms with Crippen molar-refractivity contribution in [3.63, 3.8) is 0 Å². The lowest BCUT2D eigenvalue weighted by molar-refractivity contribution is -0.112. The summed E-state index contributed by atoms with van der Waals surface area (Å²) in [4.78, 5) is 12.3. The highest BCUT2D eigenvalue weighted by Gasteiger charge is 2.07. The second-order valence-electron chi connectivity index (χ2n) is 5.12. The number of hydrogen-bond acceptors (Lipinski definition) is 5. The lowest BCUT2D eigenvalue weighted by Crippen LogP contribution is -2.21. The first-order chi connectivity index (χ1) is 13.6. The van der Waals surface area contributed by atoms with Crippen LogP contribution < -0.4 is 16.2 Å². The first-order valence-corrected chi connectivity index (χ1v) is 9.32. The highest BCUT2D eigenvalue weighted by Crippen LogP contribution is 2.13. The van der Waals surface area contributed by atoms with Crippen molar-refractivity contribution in [3.8, 4) is 0 Å². The number of nitrogens with one attached hydrogen (secondary N) is 3. The quantitative estimate of drug-likeness (QED) is 0.246. The number of carbonyl (C=O) groups excluding carboxylic acids is 1. The third-order valence-corrected chi connectivity index (χ3v) is 3.11. The van der Waals surface area contributed by atoms with Gasteiger partial charge < -0.3 is 14.8 Å². The molecule has 0 spiro atoms. The molecule has 0 saturated heterocycles. The predicted molar refractivity (Wildman–Crippen MR) is 119 cm³/mol. The molecule has 0 aromatic heterocycles. The van der Waals surface area contributed by atoms with Crippen molar-refractivity contribution in [2.45, 2.75) is 20.3 Å². The van der Waals surface area contributed by atoms with Gasteiger partial charge in [0.1, 0.15) is 0 Å². The van der Waals surface area contributed by atoms with E-state index in [4.69, 9.17) is 9.47 Å². The molecule has 0 fully saturated rings. The van der Waals surface area contributed by atoms with Crippen molar-refractivity contribution in [2.75, 3.05) is 46.8 Å². The summed E-state index contributed by atoms with van der Waals surface area (Å²) in [5.74, 6) is -0.180. The van der Waals surface area contributed by atoms with Crippen molar-refractivity contribution >= 4 is 11.6 Å². The zero-order valence-corrected chi connectivity index (χ0v) is 18.2. The number of anilines is 1. The summed E-state index contributed by atoms with van der Waals surface area (Å²) in [5, 5.41) is 2.89. The van der Waals surface area contributed by atoms with Crippen LogP contribution in [0.1, 0.15) is 19.4 Å². The molecule has 0 unspecified atom stereocenters. The van der Waals surface area contributed by atoms with Gasteiger partial charge in [-0.25, -0.2) is 0 Å². The van der Waals surface area contributed by atoms with Gasteiger partial charge in [-0.05, 0) is 44.3 Å². The number of benzene rings is 1. The zero-order chi connectivity index (χ0) is 21.6. The summed E-state index contributed by atoms with van der Waals surface area (Å²) in [5.41, 5.74) is 7.76. The van der Waals surface area contributed by atoms with Crippen molar-refractivity contribution in [1.29, 1.82) is 0 Å². The van der Waals surface area contributed by atoms with Crippen LogP contribution in [0.3, 0.4) is 0 Å². The van der Waals surface area contributed by atoms with Crippen LogP contribution in [0.25, 0.3) is 0 Å². The van der Waals surface area contributed by atoms with Gasteiger partial charge in [0.25, 0.3) is 5.91 Å². The van der Waals surface area contributed by atoms with E-state index in [1.54, 1.807) is 32.4 Å². The molecule has 0 atom stereocenters. The monoisotopic (exact) mass is 391 g/mol. The molecule has 0 bridgehead atoms. The Morgan fingerprint density at radius 2 is 1.75 bits per heavy atom. The summed E-state index contributed by atoms with van der Waals surface area (Å²) < 4.78 is 9.95. The number of ether oxygens (including phenoxy) is 2. The Kier molecular flexibility index (Phi) is 21.0. The van der Waals surface area contributed by atoms with Crippen LogP contribution in [0.15, 0.2) is 60.7 Å². The van der Waals surface area contributed by atoms with Gasteiger partial charge in [-0.3, -0.25) is 15.6 Å². The van der Waals surface area contributed by atoms with Gasteiger partial charge in [0.15, 0.2) is 0 Å². The molecular formula is C22H37N3O3. The summed E-state index contributed by atoms with van der Waals surface area (Å²) in [6.07, 6.45) is 7.85. The Balaban J connectivity index is 0. The fourth-order valence-electron chi connectivity index (χ4n) is 1.83. The minimum absolute atomic E-state index is 0.180. The number of amides is 1. The van der Waals surface area contributed by atoms with Crippen molar-refractivity contribution < 1.29 is 14.3 Å². The molecule has 0 saturated carbocycles. The smallest absolute Gasteiger partial charge is 0.255 e. The molecule has 0 aliphatic rings. The number of carbonyl (C=O) groups is 1. The molecule has 0 heterocycles. The van der Waals surface area contributed by atoms with Gasteiger partial charge in [0.2, 0.25) is 0 Å². The molecule has 1 aromatic carbocycles. The third-order valence-electron chi connectivity index (χ3n) is 3.11. The van der Waals surface area contributed by atoms with Gasteiger partial charge in [-0.15, -0.1) is 6.58 Å². The number of hydrazine groups is 1. The van der Waals surface area contributed by atoms with Crippen LogP contribution in [0.5, 0.6) is 0 Å². The molecule has 0 aliphatic carbocycles. The van der Waals surface area contributed by atoms with Gasteiger partial charge in [0.05, 0.1) is 13.2 Å². The first kappa shape index (κ1) is 28.0. The number of rotatable bonds is 10. The number of methoxy groups -OCH3 is 2. The minimum atomic E-state index is -0.180. The molecule has 0 radical (unpaired) electrons. The average molecular weight is 392 g/mol. The predicted octanol–water partition coefficient (Wildman–Crippen LogP) is 3.50. The van der Waals surface area contributed by atoms with Crippen LogP contribution in [0.2, 0.25) is 0 Å². The Hall–Kier alpha value is -2.25. The van der Waals surface area contributed by atoms with E-state index in [2.05, 4.69) is 22.7 Å². The lowest BCUT2D eigenvalue weighted by Gasteiger charge is -2.08. The Labute approximate surface area is 170 Å². The van der Waals surface area contributed by atoms with Crippen LogP contribution >= 0.6 is 0 Å². The fraction of sp³-hybridized carbons (Fsp3) is 0.409. The molecular weight excluding hydrogens is 354 g/mol. The second kappa shape index (κ2) is 21.1. The Bertz CT molecular complexity index is 582. The molecule has 28 heavy (non-hydrogen) atoms. The van der Waals surface area contributed by atoms with Gasteiger partial charge in [-0.1, -0.05) is 44.2 Å². The summed E-state index contributed by atoms with van der Waals surface area (Å²) in [6, 6.07) is 7.70. The van der Waals surface area contributed by atoms with Gasteiger partial charge >= 0.3 is 0 Å². The largest absolute Gasteiger partial charge is 0.381 e. The van der Waals surface area contributed by atoms with E-state index >= 15 is 0 Å². The zero-order valence-electron chi connectivity index (χ0n) is 18.2. The Morgan fingerprint density at radius 3 is 2.29 bits per heavy atom. The van der Waals surface area contributed by atoms with Crippen molar-refractivity contribution in [2.24, 2.45) is 0 Å². The molecule has 3 N–H and O–H groups in total. The molecule has 0 aliphatic heterocycles. The first-order valence-electron chi connectivity index (χ1n) is 9.32. The van der Waals surface area contributed by atoms with Crippen molar-refractivity contribution in [3.05, 3.63) is 66.3 Å².